The highest BCUT2D eigenvalue weighted by atomic mass is 16.5. The maximum absolute atomic E-state index is 5.98. The van der Waals surface area contributed by atoms with Crippen LogP contribution in [-0.2, 0) is 6.42 Å². The molecule has 0 saturated carbocycles. The molecule has 1 heterocycles. The number of hydrogen-bond donors (Lipinski definition) is 2. The molecule has 0 aliphatic carbocycles. The van der Waals surface area contributed by atoms with Gasteiger partial charge >= 0.3 is 0 Å². The van der Waals surface area contributed by atoms with Crippen LogP contribution in [0.25, 0.3) is 0 Å². The average molecular weight is 364 g/mol. The lowest BCUT2D eigenvalue weighted by molar-refractivity contribution is 0.283. The topological polar surface area (TPSA) is 75.4 Å². The van der Waals surface area contributed by atoms with Crippen molar-refractivity contribution in [2.45, 2.75) is 12.8 Å². The second-order valence-corrected chi connectivity index (χ2v) is 6.63. The summed E-state index contributed by atoms with van der Waals surface area (Å²) in [6, 6.07) is 5.95. The summed E-state index contributed by atoms with van der Waals surface area (Å²) in [5.74, 6) is 2.00. The molecule has 0 spiro atoms. The second kappa shape index (κ2) is 10.9. The van der Waals surface area contributed by atoms with E-state index in [2.05, 4.69) is 27.2 Å². The molecule has 0 amide bonds. The Labute approximate surface area is 157 Å². The zero-order chi connectivity index (χ0) is 18.8. The average Bonchev–Trinajstić information content (AvgIpc) is 2.86. The van der Waals surface area contributed by atoms with Crippen LogP contribution in [0.3, 0.4) is 0 Å². The molecule has 2 rings (SSSR count). The Morgan fingerprint density at radius 2 is 1.96 bits per heavy atom. The van der Waals surface area contributed by atoms with Gasteiger partial charge in [0.2, 0.25) is 0 Å². The smallest absolute Gasteiger partial charge is 0.188 e. The highest BCUT2D eigenvalue weighted by Crippen LogP contribution is 2.27. The Morgan fingerprint density at radius 3 is 2.73 bits per heavy atom. The number of nitrogens with zero attached hydrogens (tertiary/aromatic N) is 3. The van der Waals surface area contributed by atoms with Gasteiger partial charge in [0, 0.05) is 26.2 Å². The fraction of sp³-hybridized carbons (Fsp3) is 0.632. The van der Waals surface area contributed by atoms with Gasteiger partial charge in [-0.15, -0.1) is 0 Å². The summed E-state index contributed by atoms with van der Waals surface area (Å²) in [7, 11) is 5.47. The van der Waals surface area contributed by atoms with Gasteiger partial charge in [-0.2, -0.15) is 0 Å². The van der Waals surface area contributed by atoms with Crippen LogP contribution in [0, 0.1) is 0 Å². The molecule has 3 N–H and O–H groups in total. The van der Waals surface area contributed by atoms with E-state index in [1.165, 1.54) is 13.0 Å². The molecular weight excluding hydrogens is 330 g/mol. The van der Waals surface area contributed by atoms with Crippen LogP contribution < -0.4 is 20.5 Å². The van der Waals surface area contributed by atoms with E-state index in [0.29, 0.717) is 5.96 Å². The molecule has 7 nitrogen and oxygen atoms in total. The molecule has 1 aliphatic rings. The van der Waals surface area contributed by atoms with Gasteiger partial charge in [-0.3, -0.25) is 4.99 Å². The number of guanidine groups is 1. The van der Waals surface area contributed by atoms with E-state index >= 15 is 0 Å². The van der Waals surface area contributed by atoms with Crippen molar-refractivity contribution in [1.82, 2.24) is 15.1 Å². The summed E-state index contributed by atoms with van der Waals surface area (Å²) in [6.45, 7) is 7.00. The van der Waals surface area contributed by atoms with Gasteiger partial charge in [0.15, 0.2) is 17.5 Å². The van der Waals surface area contributed by atoms with Crippen molar-refractivity contribution in [2.75, 3.05) is 67.1 Å². The van der Waals surface area contributed by atoms with Crippen molar-refractivity contribution in [2.24, 2.45) is 10.7 Å². The van der Waals surface area contributed by atoms with Gasteiger partial charge in [-0.1, -0.05) is 6.07 Å². The maximum Gasteiger partial charge on any atom is 0.188 e. The Hall–Kier alpha value is -1.99. The monoisotopic (exact) mass is 363 g/mol. The Morgan fingerprint density at radius 1 is 1.15 bits per heavy atom. The zero-order valence-corrected chi connectivity index (χ0v) is 16.3. The normalized spacial score (nSPS) is 17.0. The van der Waals surface area contributed by atoms with Gasteiger partial charge in [0.25, 0.3) is 0 Å². The lowest BCUT2D eigenvalue weighted by Crippen LogP contribution is -2.35. The second-order valence-electron chi connectivity index (χ2n) is 6.63. The SMILES string of the molecule is COc1ccc(CCNC(N)=NCCN2CCCN(C)CC2)cc1OC. The van der Waals surface area contributed by atoms with Crippen molar-refractivity contribution in [3.63, 3.8) is 0 Å². The fourth-order valence-electron chi connectivity index (χ4n) is 3.06. The molecule has 7 heteroatoms. The number of nitrogens with two attached hydrogens (primary N) is 1. The lowest BCUT2D eigenvalue weighted by atomic mass is 10.1. The van der Waals surface area contributed by atoms with Gasteiger partial charge in [-0.05, 0) is 50.7 Å². The first kappa shape index (κ1) is 20.3. The first-order chi connectivity index (χ1) is 12.6. The maximum atomic E-state index is 5.98. The van der Waals surface area contributed by atoms with E-state index in [1.807, 2.05) is 18.2 Å². The quantitative estimate of drug-likeness (QED) is 0.525. The summed E-state index contributed by atoms with van der Waals surface area (Å²) in [5, 5.41) is 3.18. The third-order valence-electron chi connectivity index (χ3n) is 4.68. The van der Waals surface area contributed by atoms with Crippen molar-refractivity contribution in [3.8, 4) is 11.5 Å². The number of nitrogens with one attached hydrogen (secondary N) is 1. The molecule has 1 aromatic carbocycles. The number of hydrogen-bond acceptors (Lipinski definition) is 5. The summed E-state index contributed by atoms with van der Waals surface area (Å²) < 4.78 is 10.6. The number of likely N-dealkylation sites (N-methyl/N-ethyl adjacent to an activating group) is 1. The first-order valence-corrected chi connectivity index (χ1v) is 9.28. The van der Waals surface area contributed by atoms with E-state index in [0.717, 1.165) is 62.8 Å². The van der Waals surface area contributed by atoms with E-state index in [1.54, 1.807) is 14.2 Å². The van der Waals surface area contributed by atoms with Crippen LogP contribution in [0.5, 0.6) is 11.5 Å². The molecule has 0 bridgehead atoms. The Bertz CT molecular complexity index is 579. The first-order valence-electron chi connectivity index (χ1n) is 9.28. The zero-order valence-electron chi connectivity index (χ0n) is 16.3. The van der Waals surface area contributed by atoms with Crippen molar-refractivity contribution < 1.29 is 9.47 Å². The molecule has 0 atom stereocenters. The van der Waals surface area contributed by atoms with E-state index in [9.17, 15) is 0 Å². The summed E-state index contributed by atoms with van der Waals surface area (Å²) >= 11 is 0. The molecular formula is C19H33N5O2. The number of ether oxygens (including phenoxy) is 2. The summed E-state index contributed by atoms with van der Waals surface area (Å²) in [5.41, 5.74) is 7.14. The molecule has 1 fully saturated rings. The molecule has 26 heavy (non-hydrogen) atoms. The van der Waals surface area contributed by atoms with Gasteiger partial charge in [0.05, 0.1) is 20.8 Å². The molecule has 146 valence electrons. The number of rotatable bonds is 8. The van der Waals surface area contributed by atoms with E-state index in [4.69, 9.17) is 15.2 Å². The van der Waals surface area contributed by atoms with Gasteiger partial charge < -0.3 is 30.3 Å². The minimum absolute atomic E-state index is 0.511. The number of methoxy groups -OCH3 is 2. The number of benzene rings is 1. The van der Waals surface area contributed by atoms with E-state index < -0.39 is 0 Å². The Balaban J connectivity index is 1.69. The van der Waals surface area contributed by atoms with Crippen LogP contribution in [0.15, 0.2) is 23.2 Å². The summed E-state index contributed by atoms with van der Waals surface area (Å²) in [4.78, 5) is 9.29. The van der Waals surface area contributed by atoms with Crippen LogP contribution in [0.1, 0.15) is 12.0 Å². The predicted octanol–water partition coefficient (Wildman–Crippen LogP) is 0.788. The molecule has 1 aromatic rings. The minimum Gasteiger partial charge on any atom is -0.493 e. The summed E-state index contributed by atoms with van der Waals surface area (Å²) in [6.07, 6.45) is 2.06. The van der Waals surface area contributed by atoms with Crippen molar-refractivity contribution in [3.05, 3.63) is 23.8 Å². The minimum atomic E-state index is 0.511. The fourth-order valence-corrected chi connectivity index (χ4v) is 3.06. The van der Waals surface area contributed by atoms with Gasteiger partial charge in [0.1, 0.15) is 0 Å². The van der Waals surface area contributed by atoms with E-state index in [-0.39, 0.29) is 0 Å². The molecule has 1 saturated heterocycles. The van der Waals surface area contributed by atoms with Crippen LogP contribution >= 0.6 is 0 Å². The third-order valence-corrected chi connectivity index (χ3v) is 4.68. The van der Waals surface area contributed by atoms with Crippen molar-refractivity contribution in [1.29, 1.82) is 0 Å². The number of aliphatic imine (C=N–C) groups is 1. The van der Waals surface area contributed by atoms with Crippen LogP contribution in [0.2, 0.25) is 0 Å². The predicted molar refractivity (Wildman–Crippen MR) is 106 cm³/mol. The highest BCUT2D eigenvalue weighted by molar-refractivity contribution is 5.77. The van der Waals surface area contributed by atoms with Gasteiger partial charge in [-0.25, -0.2) is 0 Å². The van der Waals surface area contributed by atoms with Crippen LogP contribution in [0.4, 0.5) is 0 Å². The Kier molecular flexibility index (Phi) is 8.50. The third kappa shape index (κ3) is 6.72. The van der Waals surface area contributed by atoms with Crippen molar-refractivity contribution >= 4 is 5.96 Å². The highest BCUT2D eigenvalue weighted by Gasteiger charge is 2.11. The largest absolute Gasteiger partial charge is 0.493 e. The lowest BCUT2D eigenvalue weighted by Gasteiger charge is -2.18. The van der Waals surface area contributed by atoms with Crippen LogP contribution in [-0.4, -0.2) is 82.8 Å². The molecule has 0 aromatic heterocycles. The molecule has 1 aliphatic heterocycles. The molecule has 0 unspecified atom stereocenters. The molecule has 0 radical (unpaired) electrons. The standard InChI is InChI=1S/C19H33N5O2/c1-23-10-4-11-24(14-13-23)12-9-22-19(20)21-8-7-16-5-6-17(25-2)18(15-16)26-3/h5-6,15H,4,7-14H2,1-3H3,(H3,20,21,22).